The predicted molar refractivity (Wildman–Crippen MR) is 34.2 cm³/mol. The van der Waals surface area contributed by atoms with Gasteiger partial charge < -0.3 is 0 Å². The maximum atomic E-state index is 12.3. The van der Waals surface area contributed by atoms with Gasteiger partial charge in [0.15, 0.2) is 0 Å². The Bertz CT molecular complexity index is 225. The highest BCUT2D eigenvalue weighted by atomic mass is 19.1. The molecule has 0 aromatic heterocycles. The van der Waals surface area contributed by atoms with Gasteiger partial charge in [-0.1, -0.05) is 0 Å². The van der Waals surface area contributed by atoms with Gasteiger partial charge in [0.05, 0.1) is 23.6 Å². The van der Waals surface area contributed by atoms with Crippen molar-refractivity contribution in [2.75, 3.05) is 0 Å². The summed E-state index contributed by atoms with van der Waals surface area (Å²) in [6.07, 6.45) is 0. The van der Waals surface area contributed by atoms with E-state index in [2.05, 4.69) is 0 Å². The summed E-state index contributed by atoms with van der Waals surface area (Å²) < 4.78 is 12.3. The van der Waals surface area contributed by atoms with Gasteiger partial charge in [-0.25, -0.2) is 4.39 Å². The third kappa shape index (κ3) is 1.87. The molecule has 0 bridgehead atoms. The van der Waals surface area contributed by atoms with E-state index in [0.29, 0.717) is 0 Å². The van der Waals surface area contributed by atoms with E-state index < -0.39 is 11.7 Å². The highest BCUT2D eigenvalue weighted by Crippen LogP contribution is 2.13. The van der Waals surface area contributed by atoms with Crippen LogP contribution in [0.5, 0.6) is 0 Å². The summed E-state index contributed by atoms with van der Waals surface area (Å²) >= 11 is 0. The molecule has 10 heavy (non-hydrogen) atoms. The molecule has 0 aromatic rings. The Morgan fingerprint density at radius 2 is 2.00 bits per heavy atom. The topological polar surface area (TPSA) is 47.6 Å². The van der Waals surface area contributed by atoms with Crippen molar-refractivity contribution < 1.29 is 4.39 Å². The lowest BCUT2D eigenvalue weighted by atomic mass is 10.0. The highest BCUT2D eigenvalue weighted by Gasteiger charge is 2.09. The Morgan fingerprint density at radius 1 is 1.50 bits per heavy atom. The van der Waals surface area contributed by atoms with Crippen LogP contribution in [0.2, 0.25) is 0 Å². The van der Waals surface area contributed by atoms with Crippen LogP contribution in [0.4, 0.5) is 4.39 Å². The second-order valence-corrected chi connectivity index (χ2v) is 1.91. The van der Waals surface area contributed by atoms with E-state index in [1.807, 2.05) is 0 Å². The zero-order valence-electron chi connectivity index (χ0n) is 5.85. The van der Waals surface area contributed by atoms with E-state index in [0.717, 1.165) is 0 Å². The van der Waals surface area contributed by atoms with Crippen LogP contribution >= 0.6 is 0 Å². The van der Waals surface area contributed by atoms with Crippen LogP contribution in [0, 0.1) is 28.6 Å². The van der Waals surface area contributed by atoms with Crippen LogP contribution in [0.25, 0.3) is 0 Å². The number of nitrogens with zero attached hydrogens (tertiary/aromatic N) is 2. The van der Waals surface area contributed by atoms with Gasteiger partial charge >= 0.3 is 0 Å². The van der Waals surface area contributed by atoms with Crippen LogP contribution in [0.1, 0.15) is 13.8 Å². The molecule has 0 aliphatic rings. The molecule has 2 nitrogen and oxygen atoms in total. The molecule has 0 heterocycles. The minimum absolute atomic E-state index is 0.0810. The van der Waals surface area contributed by atoms with Crippen molar-refractivity contribution in [2.24, 2.45) is 5.92 Å². The molecule has 1 atom stereocenters. The first-order valence-corrected chi connectivity index (χ1v) is 2.79. The van der Waals surface area contributed by atoms with Crippen LogP contribution in [0.15, 0.2) is 11.4 Å². The monoisotopic (exact) mass is 138 g/mol. The van der Waals surface area contributed by atoms with Crippen LogP contribution in [0.3, 0.4) is 0 Å². The van der Waals surface area contributed by atoms with E-state index in [4.69, 9.17) is 10.5 Å². The minimum Gasteiger partial charge on any atom is -0.211 e. The predicted octanol–water partition coefficient (Wildman–Crippen LogP) is 1.91. The van der Waals surface area contributed by atoms with Gasteiger partial charge in [-0.2, -0.15) is 10.5 Å². The minimum atomic E-state index is -0.644. The fraction of sp³-hybridized carbons (Fsp3) is 0.429. The van der Waals surface area contributed by atoms with Gasteiger partial charge in [-0.05, 0) is 13.8 Å². The zero-order chi connectivity index (χ0) is 8.15. The first-order valence-electron chi connectivity index (χ1n) is 2.79. The summed E-state index contributed by atoms with van der Waals surface area (Å²) in [7, 11) is 0. The van der Waals surface area contributed by atoms with Gasteiger partial charge in [0, 0.05) is 0 Å². The van der Waals surface area contributed by atoms with Gasteiger partial charge in [0.2, 0.25) is 0 Å². The SMILES string of the molecule is C/C(F)=C(/C#N)C(C)C#N. The second-order valence-electron chi connectivity index (χ2n) is 1.91. The Kier molecular flexibility index (Phi) is 3.14. The lowest BCUT2D eigenvalue weighted by molar-refractivity contribution is 0.617. The Labute approximate surface area is 59.2 Å². The normalized spacial score (nSPS) is 14.5. The molecule has 0 rings (SSSR count). The molecule has 1 unspecified atom stereocenters. The number of allylic oxidation sites excluding steroid dienone is 2. The van der Waals surface area contributed by atoms with Gasteiger partial charge in [0.25, 0.3) is 0 Å². The molecular formula is C7H7FN2. The fourth-order valence-corrected chi connectivity index (χ4v) is 0.537. The molecule has 0 saturated carbocycles. The Balaban J connectivity index is 4.62. The summed E-state index contributed by atoms with van der Waals surface area (Å²) in [6, 6.07) is 3.41. The fourth-order valence-electron chi connectivity index (χ4n) is 0.537. The quantitative estimate of drug-likeness (QED) is 0.519. The first-order chi connectivity index (χ1) is 4.63. The smallest absolute Gasteiger partial charge is 0.112 e. The van der Waals surface area contributed by atoms with Crippen LogP contribution in [-0.2, 0) is 0 Å². The van der Waals surface area contributed by atoms with Crippen molar-refractivity contribution in [1.29, 1.82) is 10.5 Å². The average molecular weight is 138 g/mol. The van der Waals surface area contributed by atoms with Crippen LogP contribution < -0.4 is 0 Å². The standard InChI is InChI=1S/C7H7FN2/c1-5(3-9)7(4-10)6(2)8/h5H,1-2H3/b7-6+. The van der Waals surface area contributed by atoms with E-state index in [9.17, 15) is 4.39 Å². The summed E-state index contributed by atoms with van der Waals surface area (Å²) in [6.45, 7) is 2.66. The maximum absolute atomic E-state index is 12.3. The third-order valence-corrected chi connectivity index (χ3v) is 1.12. The van der Waals surface area contributed by atoms with Crippen LogP contribution in [-0.4, -0.2) is 0 Å². The van der Waals surface area contributed by atoms with Gasteiger partial charge in [-0.15, -0.1) is 0 Å². The van der Waals surface area contributed by atoms with E-state index in [1.54, 1.807) is 12.1 Å². The molecule has 0 radical (unpaired) electrons. The summed E-state index contributed by atoms with van der Waals surface area (Å²) in [5, 5.41) is 16.6. The molecule has 52 valence electrons. The van der Waals surface area contributed by atoms with Crippen molar-refractivity contribution in [3.8, 4) is 12.1 Å². The van der Waals surface area contributed by atoms with Gasteiger partial charge in [0.1, 0.15) is 5.83 Å². The molecule has 3 heteroatoms. The molecule has 0 aliphatic heterocycles. The van der Waals surface area contributed by atoms with Gasteiger partial charge in [-0.3, -0.25) is 0 Å². The number of hydrogen-bond acceptors (Lipinski definition) is 2. The summed E-state index contributed by atoms with van der Waals surface area (Å²) in [5.41, 5.74) is -0.0810. The molecule has 0 amide bonds. The lowest BCUT2D eigenvalue weighted by Gasteiger charge is -1.97. The number of nitriles is 2. The largest absolute Gasteiger partial charge is 0.211 e. The number of hydrogen-bond donors (Lipinski definition) is 0. The van der Waals surface area contributed by atoms with E-state index >= 15 is 0 Å². The van der Waals surface area contributed by atoms with Crippen molar-refractivity contribution in [2.45, 2.75) is 13.8 Å². The van der Waals surface area contributed by atoms with Crippen molar-refractivity contribution in [3.63, 3.8) is 0 Å². The molecule has 0 spiro atoms. The third-order valence-electron chi connectivity index (χ3n) is 1.12. The van der Waals surface area contributed by atoms with E-state index in [-0.39, 0.29) is 5.57 Å². The molecule has 0 aliphatic carbocycles. The Hall–Kier alpha value is -1.35. The maximum Gasteiger partial charge on any atom is 0.112 e. The molecular weight excluding hydrogens is 131 g/mol. The lowest BCUT2D eigenvalue weighted by Crippen LogP contribution is -1.94. The highest BCUT2D eigenvalue weighted by molar-refractivity contribution is 5.29. The van der Waals surface area contributed by atoms with Crippen molar-refractivity contribution >= 4 is 0 Å². The summed E-state index contributed by atoms with van der Waals surface area (Å²) in [4.78, 5) is 0. The summed E-state index contributed by atoms with van der Waals surface area (Å²) in [5.74, 6) is -1.22. The average Bonchev–Trinajstić information content (AvgIpc) is 1.88. The Morgan fingerprint density at radius 3 is 2.10 bits per heavy atom. The van der Waals surface area contributed by atoms with Crippen molar-refractivity contribution in [1.82, 2.24) is 0 Å². The second kappa shape index (κ2) is 3.63. The van der Waals surface area contributed by atoms with Crippen molar-refractivity contribution in [3.05, 3.63) is 11.4 Å². The molecule has 0 saturated heterocycles. The zero-order valence-corrected chi connectivity index (χ0v) is 5.85. The molecule has 0 N–H and O–H groups in total. The molecule has 0 aromatic carbocycles. The first kappa shape index (κ1) is 8.65. The number of halogens is 1. The van der Waals surface area contributed by atoms with E-state index in [1.165, 1.54) is 13.8 Å². The number of rotatable bonds is 1. The molecule has 0 fully saturated rings.